The summed E-state index contributed by atoms with van der Waals surface area (Å²) in [5.41, 5.74) is 1.47. The van der Waals surface area contributed by atoms with Gasteiger partial charge in [-0.2, -0.15) is 0 Å². The van der Waals surface area contributed by atoms with E-state index in [1.54, 1.807) is 37.3 Å². The third kappa shape index (κ3) is 2.87. The fourth-order valence-electron chi connectivity index (χ4n) is 3.14. The Bertz CT molecular complexity index is 1040. The molecule has 0 aliphatic carbocycles. The minimum Gasteiger partial charge on any atom is -0.361 e. The summed E-state index contributed by atoms with van der Waals surface area (Å²) in [4.78, 5) is 24.6. The molecule has 3 aromatic rings. The summed E-state index contributed by atoms with van der Waals surface area (Å²) in [7, 11) is 0. The van der Waals surface area contributed by atoms with E-state index in [-0.39, 0.29) is 17.9 Å². The van der Waals surface area contributed by atoms with Crippen LogP contribution in [0.1, 0.15) is 32.3 Å². The van der Waals surface area contributed by atoms with Gasteiger partial charge in [0.15, 0.2) is 5.78 Å². The number of halogens is 2. The van der Waals surface area contributed by atoms with Crippen LogP contribution in [0, 0.1) is 6.92 Å². The third-order valence-electron chi connectivity index (χ3n) is 4.37. The summed E-state index contributed by atoms with van der Waals surface area (Å²) in [5.74, 6) is -3.22. The minimum atomic E-state index is -3.06. The van der Waals surface area contributed by atoms with Crippen LogP contribution in [0.25, 0.3) is 10.9 Å². The highest BCUT2D eigenvalue weighted by Crippen LogP contribution is 2.28. The number of Topliss-reactive ketones (excluding diaryl/α,β-unsaturated/α-hetero) is 1. The molecule has 0 spiro atoms. The van der Waals surface area contributed by atoms with E-state index in [1.165, 1.54) is 4.57 Å². The summed E-state index contributed by atoms with van der Waals surface area (Å²) >= 11 is 0. The Kier molecular flexibility index (Phi) is 3.64. The number of ketones is 1. The number of benzene rings is 1. The highest BCUT2D eigenvalue weighted by molar-refractivity contribution is 6.03. The van der Waals surface area contributed by atoms with Gasteiger partial charge in [-0.1, -0.05) is 17.3 Å². The zero-order chi connectivity index (χ0) is 18.5. The summed E-state index contributed by atoms with van der Waals surface area (Å²) in [5, 5.41) is 6.65. The molecule has 2 aromatic heterocycles. The molecule has 26 heavy (non-hydrogen) atoms. The second kappa shape index (κ2) is 5.76. The van der Waals surface area contributed by atoms with E-state index in [1.807, 2.05) is 0 Å². The lowest BCUT2D eigenvalue weighted by molar-refractivity contribution is -0.00920. The molecule has 0 radical (unpaired) electrons. The van der Waals surface area contributed by atoms with Gasteiger partial charge in [-0.3, -0.25) is 9.59 Å². The Morgan fingerprint density at radius 3 is 2.88 bits per heavy atom. The van der Waals surface area contributed by atoms with Crippen LogP contribution in [0.15, 0.2) is 34.9 Å². The van der Waals surface area contributed by atoms with Crippen LogP contribution in [0.5, 0.6) is 0 Å². The van der Waals surface area contributed by atoms with Crippen LogP contribution in [-0.4, -0.2) is 33.9 Å². The van der Waals surface area contributed by atoms with Gasteiger partial charge in [0.05, 0.1) is 25.2 Å². The number of aryl methyl sites for hydroxylation is 1. The Labute approximate surface area is 146 Å². The largest absolute Gasteiger partial charge is 0.361 e. The number of carbonyl (C=O) groups is 2. The maximum absolute atomic E-state index is 13.9. The quantitative estimate of drug-likeness (QED) is 0.730. The molecule has 0 fully saturated rings. The van der Waals surface area contributed by atoms with E-state index in [9.17, 15) is 18.4 Å². The van der Waals surface area contributed by atoms with Crippen molar-refractivity contribution in [2.45, 2.75) is 25.8 Å². The first kappa shape index (κ1) is 16.4. The molecule has 1 aromatic carbocycles. The van der Waals surface area contributed by atoms with Gasteiger partial charge in [0.2, 0.25) is 0 Å². The smallest absolute Gasteiger partial charge is 0.282 e. The number of fused-ring (bicyclic) bond motifs is 3. The Hall–Kier alpha value is -3.03. The van der Waals surface area contributed by atoms with E-state index in [4.69, 9.17) is 4.52 Å². The molecule has 0 atom stereocenters. The van der Waals surface area contributed by atoms with E-state index >= 15 is 0 Å². The second-order valence-corrected chi connectivity index (χ2v) is 6.46. The number of carbonyl (C=O) groups excluding carboxylic acids is 2. The lowest BCUT2D eigenvalue weighted by atomic mass is 10.0. The Morgan fingerprint density at radius 1 is 1.35 bits per heavy atom. The van der Waals surface area contributed by atoms with Gasteiger partial charge in [0.25, 0.3) is 11.8 Å². The number of nitrogens with one attached hydrogen (secondary N) is 1. The summed E-state index contributed by atoms with van der Waals surface area (Å²) in [6.45, 7) is 0.401. The van der Waals surface area contributed by atoms with Crippen molar-refractivity contribution in [2.24, 2.45) is 0 Å². The predicted octanol–water partition coefficient (Wildman–Crippen LogP) is 2.74. The fraction of sp³-hybridized carbons (Fsp3) is 0.278. The van der Waals surface area contributed by atoms with E-state index in [0.29, 0.717) is 27.9 Å². The summed E-state index contributed by atoms with van der Waals surface area (Å²) in [6.07, 6.45) is 0.0487. The van der Waals surface area contributed by atoms with Gasteiger partial charge in [-0.25, -0.2) is 8.78 Å². The molecule has 134 valence electrons. The summed E-state index contributed by atoms with van der Waals surface area (Å²) in [6, 6.07) is 8.05. The number of nitrogens with zero attached hydrogens (tertiary/aromatic N) is 2. The molecule has 1 N–H and O–H groups in total. The maximum Gasteiger partial charge on any atom is 0.282 e. The number of aromatic nitrogens is 2. The molecule has 3 heterocycles. The van der Waals surface area contributed by atoms with Crippen molar-refractivity contribution in [1.82, 2.24) is 15.0 Å². The summed E-state index contributed by atoms with van der Waals surface area (Å²) < 4.78 is 34.1. The average Bonchev–Trinajstić information content (AvgIpc) is 3.12. The third-order valence-corrected chi connectivity index (χ3v) is 4.37. The standard InChI is InChI=1S/C18H15F2N3O3/c1-10-4-13(22-26-10)7-16(24)12-3-2-11-5-15-17(25)21-8-18(19,20)9-23(15)14(11)6-12/h2-6H,7-9H2,1H3,(H,21,25). The first-order valence-corrected chi connectivity index (χ1v) is 8.07. The number of rotatable bonds is 3. The highest BCUT2D eigenvalue weighted by Gasteiger charge is 2.35. The van der Waals surface area contributed by atoms with Crippen molar-refractivity contribution in [1.29, 1.82) is 0 Å². The molecule has 0 saturated carbocycles. The first-order chi connectivity index (χ1) is 12.3. The van der Waals surface area contributed by atoms with Crippen molar-refractivity contribution in [2.75, 3.05) is 6.54 Å². The van der Waals surface area contributed by atoms with Gasteiger partial charge < -0.3 is 14.4 Å². The van der Waals surface area contributed by atoms with E-state index in [0.717, 1.165) is 0 Å². The zero-order valence-corrected chi connectivity index (χ0v) is 13.9. The predicted molar refractivity (Wildman–Crippen MR) is 88.5 cm³/mol. The Morgan fingerprint density at radius 2 is 2.15 bits per heavy atom. The Balaban J connectivity index is 1.74. The van der Waals surface area contributed by atoms with Gasteiger partial charge in [0, 0.05) is 22.5 Å². The normalized spacial score (nSPS) is 16.2. The van der Waals surface area contributed by atoms with Crippen molar-refractivity contribution < 1.29 is 22.9 Å². The van der Waals surface area contributed by atoms with Crippen LogP contribution < -0.4 is 5.32 Å². The number of hydrogen-bond donors (Lipinski definition) is 1. The number of amides is 1. The molecule has 0 unspecified atom stereocenters. The fourth-order valence-corrected chi connectivity index (χ4v) is 3.14. The van der Waals surface area contributed by atoms with Gasteiger partial charge in [-0.05, 0) is 19.1 Å². The SMILES string of the molecule is Cc1cc(CC(=O)c2ccc3cc4n(c3c2)CC(F)(F)CNC4=O)no1. The molecular formula is C18H15F2N3O3. The lowest BCUT2D eigenvalue weighted by Gasteiger charge is -2.15. The van der Waals surface area contributed by atoms with Crippen LogP contribution in [-0.2, 0) is 13.0 Å². The highest BCUT2D eigenvalue weighted by atomic mass is 19.3. The van der Waals surface area contributed by atoms with Crippen molar-refractivity contribution in [3.63, 3.8) is 0 Å². The van der Waals surface area contributed by atoms with Crippen molar-refractivity contribution in [3.8, 4) is 0 Å². The average molecular weight is 359 g/mol. The molecule has 8 heteroatoms. The molecule has 1 amide bonds. The van der Waals surface area contributed by atoms with Crippen molar-refractivity contribution >= 4 is 22.6 Å². The zero-order valence-electron chi connectivity index (χ0n) is 13.9. The molecule has 1 aliphatic rings. The van der Waals surface area contributed by atoms with Gasteiger partial charge >= 0.3 is 0 Å². The second-order valence-electron chi connectivity index (χ2n) is 6.46. The molecule has 4 rings (SSSR count). The van der Waals surface area contributed by atoms with Gasteiger partial charge in [0.1, 0.15) is 11.5 Å². The molecule has 1 aliphatic heterocycles. The van der Waals surface area contributed by atoms with Crippen LogP contribution in [0.3, 0.4) is 0 Å². The minimum absolute atomic E-state index is 0.0487. The van der Waals surface area contributed by atoms with Crippen LogP contribution in [0.2, 0.25) is 0 Å². The molecule has 6 nitrogen and oxygen atoms in total. The van der Waals surface area contributed by atoms with E-state index < -0.39 is 24.9 Å². The maximum atomic E-state index is 13.9. The van der Waals surface area contributed by atoms with Crippen molar-refractivity contribution in [3.05, 3.63) is 53.0 Å². The number of alkyl halides is 2. The monoisotopic (exact) mass is 359 g/mol. The lowest BCUT2D eigenvalue weighted by Crippen LogP contribution is -2.35. The van der Waals surface area contributed by atoms with E-state index in [2.05, 4.69) is 10.5 Å². The molecular weight excluding hydrogens is 344 g/mol. The first-order valence-electron chi connectivity index (χ1n) is 8.07. The van der Waals surface area contributed by atoms with Crippen LogP contribution in [0.4, 0.5) is 8.78 Å². The van der Waals surface area contributed by atoms with Crippen LogP contribution >= 0.6 is 0 Å². The topological polar surface area (TPSA) is 77.1 Å². The molecule has 0 bridgehead atoms. The number of hydrogen-bond acceptors (Lipinski definition) is 4. The molecule has 0 saturated heterocycles. The van der Waals surface area contributed by atoms with Gasteiger partial charge in [-0.15, -0.1) is 0 Å².